The molecule has 2 nitrogen and oxygen atoms in total. The maximum absolute atomic E-state index is 6.16. The quantitative estimate of drug-likeness (QED) is 0.844. The van der Waals surface area contributed by atoms with Crippen molar-refractivity contribution < 1.29 is 4.74 Å². The summed E-state index contributed by atoms with van der Waals surface area (Å²) in [5.74, 6) is 1.76. The van der Waals surface area contributed by atoms with Crippen LogP contribution >= 0.6 is 15.9 Å². The van der Waals surface area contributed by atoms with Gasteiger partial charge in [0, 0.05) is 6.04 Å². The number of hydrogen-bond acceptors (Lipinski definition) is 2. The molecule has 1 saturated carbocycles. The lowest BCUT2D eigenvalue weighted by molar-refractivity contribution is 0.128. The lowest BCUT2D eigenvalue weighted by Gasteiger charge is -2.27. The normalized spacial score (nSPS) is 24.4. The van der Waals surface area contributed by atoms with Gasteiger partial charge in [-0.05, 0) is 71.6 Å². The summed E-state index contributed by atoms with van der Waals surface area (Å²) < 4.78 is 7.22. The Morgan fingerprint density at radius 1 is 1.40 bits per heavy atom. The smallest absolute Gasteiger partial charge is 0.133 e. The van der Waals surface area contributed by atoms with Crippen LogP contribution in [0.15, 0.2) is 22.7 Å². The van der Waals surface area contributed by atoms with E-state index < -0.39 is 0 Å². The summed E-state index contributed by atoms with van der Waals surface area (Å²) >= 11 is 3.64. The number of hydrogen-bond donors (Lipinski definition) is 1. The Hall–Kier alpha value is -0.540. The molecular weight excluding hydrogens is 314 g/mol. The molecule has 0 heterocycles. The van der Waals surface area contributed by atoms with E-state index in [0.29, 0.717) is 6.10 Å². The zero-order valence-corrected chi connectivity index (χ0v) is 14.2. The molecule has 1 aromatic rings. The van der Waals surface area contributed by atoms with Crippen molar-refractivity contribution in [3.8, 4) is 5.75 Å². The zero-order chi connectivity index (χ0) is 14.5. The number of nitrogens with two attached hydrogens (primary N) is 1. The minimum atomic E-state index is 0.243. The Bertz CT molecular complexity index is 435. The number of rotatable bonds is 5. The van der Waals surface area contributed by atoms with Gasteiger partial charge in [-0.15, -0.1) is 0 Å². The van der Waals surface area contributed by atoms with Gasteiger partial charge < -0.3 is 10.5 Å². The molecule has 3 unspecified atom stereocenters. The standard InChI is InChI=1S/C17H26BrNO/c1-3-14(19)10-13-7-8-17(16(18)11-13)20-15-6-4-5-12(2)9-15/h7-8,11-12,14-15H,3-6,9-10,19H2,1-2H3. The predicted octanol–water partition coefficient (Wildman–Crippen LogP) is 4.69. The van der Waals surface area contributed by atoms with Crippen LogP contribution in [0.1, 0.15) is 51.5 Å². The highest BCUT2D eigenvalue weighted by Crippen LogP contribution is 2.32. The lowest BCUT2D eigenvalue weighted by Crippen LogP contribution is -2.24. The Morgan fingerprint density at radius 3 is 2.85 bits per heavy atom. The van der Waals surface area contributed by atoms with E-state index in [2.05, 4.69) is 48.0 Å². The number of benzene rings is 1. The first-order valence-electron chi connectivity index (χ1n) is 7.79. The van der Waals surface area contributed by atoms with E-state index in [1.807, 2.05) is 0 Å². The van der Waals surface area contributed by atoms with Crippen molar-refractivity contribution >= 4 is 15.9 Å². The van der Waals surface area contributed by atoms with Crippen LogP contribution in [0, 0.1) is 5.92 Å². The summed E-state index contributed by atoms with van der Waals surface area (Å²) in [6.45, 7) is 4.45. The van der Waals surface area contributed by atoms with Crippen molar-refractivity contribution in [3.05, 3.63) is 28.2 Å². The molecule has 1 aromatic carbocycles. The topological polar surface area (TPSA) is 35.2 Å². The minimum absolute atomic E-state index is 0.243. The van der Waals surface area contributed by atoms with Gasteiger partial charge in [0.1, 0.15) is 5.75 Å². The maximum Gasteiger partial charge on any atom is 0.133 e. The molecule has 2 N–H and O–H groups in total. The highest BCUT2D eigenvalue weighted by molar-refractivity contribution is 9.10. The molecule has 0 spiro atoms. The molecular formula is C17H26BrNO. The molecule has 1 aliphatic carbocycles. The largest absolute Gasteiger partial charge is 0.489 e. The van der Waals surface area contributed by atoms with Gasteiger partial charge in [-0.3, -0.25) is 0 Å². The molecule has 112 valence electrons. The predicted molar refractivity (Wildman–Crippen MR) is 88.2 cm³/mol. The van der Waals surface area contributed by atoms with Crippen molar-refractivity contribution in [3.63, 3.8) is 0 Å². The van der Waals surface area contributed by atoms with Crippen molar-refractivity contribution in [1.29, 1.82) is 0 Å². The van der Waals surface area contributed by atoms with Crippen molar-refractivity contribution in [2.75, 3.05) is 0 Å². The van der Waals surface area contributed by atoms with E-state index >= 15 is 0 Å². The van der Waals surface area contributed by atoms with Crippen LogP contribution in [0.2, 0.25) is 0 Å². The van der Waals surface area contributed by atoms with E-state index in [1.54, 1.807) is 0 Å². The first-order chi connectivity index (χ1) is 9.58. The maximum atomic E-state index is 6.16. The Morgan fingerprint density at radius 2 is 2.20 bits per heavy atom. The third-order valence-corrected chi connectivity index (χ3v) is 4.82. The van der Waals surface area contributed by atoms with Gasteiger partial charge in [0.2, 0.25) is 0 Å². The fraction of sp³-hybridized carbons (Fsp3) is 0.647. The fourth-order valence-electron chi connectivity index (χ4n) is 2.88. The van der Waals surface area contributed by atoms with Crippen LogP contribution in [0.5, 0.6) is 5.75 Å². The molecule has 3 heteroatoms. The summed E-state index contributed by atoms with van der Waals surface area (Å²) in [5, 5.41) is 0. The lowest BCUT2D eigenvalue weighted by atomic mass is 9.89. The molecule has 0 bridgehead atoms. The Kier molecular flexibility index (Phi) is 5.91. The highest BCUT2D eigenvalue weighted by atomic mass is 79.9. The van der Waals surface area contributed by atoms with Crippen LogP contribution in [0.3, 0.4) is 0 Å². The van der Waals surface area contributed by atoms with Crippen LogP contribution in [-0.4, -0.2) is 12.1 Å². The number of ether oxygens (including phenoxy) is 1. The summed E-state index contributed by atoms with van der Waals surface area (Å²) in [5.41, 5.74) is 7.28. The first kappa shape index (κ1) is 15.8. The average molecular weight is 340 g/mol. The molecule has 0 aliphatic heterocycles. The second-order valence-corrected chi connectivity index (χ2v) is 7.00. The van der Waals surface area contributed by atoms with Gasteiger partial charge in [-0.25, -0.2) is 0 Å². The van der Waals surface area contributed by atoms with Gasteiger partial charge in [0.25, 0.3) is 0 Å². The highest BCUT2D eigenvalue weighted by Gasteiger charge is 2.21. The molecule has 0 radical (unpaired) electrons. The third-order valence-electron chi connectivity index (χ3n) is 4.20. The second kappa shape index (κ2) is 7.46. The van der Waals surface area contributed by atoms with Crippen molar-refractivity contribution in [1.82, 2.24) is 0 Å². The van der Waals surface area contributed by atoms with E-state index in [-0.39, 0.29) is 6.04 Å². The van der Waals surface area contributed by atoms with Crippen LogP contribution in [0.25, 0.3) is 0 Å². The monoisotopic (exact) mass is 339 g/mol. The SMILES string of the molecule is CCC(N)Cc1ccc(OC2CCCC(C)C2)c(Br)c1. The molecule has 1 fully saturated rings. The van der Waals surface area contributed by atoms with Crippen molar-refractivity contribution in [2.24, 2.45) is 11.7 Å². The molecule has 0 saturated heterocycles. The van der Waals surface area contributed by atoms with Gasteiger partial charge in [0.05, 0.1) is 10.6 Å². The van der Waals surface area contributed by atoms with E-state index in [4.69, 9.17) is 10.5 Å². The van der Waals surface area contributed by atoms with Crippen molar-refractivity contribution in [2.45, 2.75) is 64.5 Å². The fourth-order valence-corrected chi connectivity index (χ4v) is 3.40. The number of halogens is 1. The van der Waals surface area contributed by atoms with Gasteiger partial charge in [0.15, 0.2) is 0 Å². The molecule has 2 rings (SSSR count). The van der Waals surface area contributed by atoms with Gasteiger partial charge >= 0.3 is 0 Å². The summed E-state index contributed by atoms with van der Waals surface area (Å²) in [7, 11) is 0. The van der Waals surface area contributed by atoms with Gasteiger partial charge in [-0.2, -0.15) is 0 Å². The average Bonchev–Trinajstić information content (AvgIpc) is 2.42. The third kappa shape index (κ3) is 4.49. The molecule has 3 atom stereocenters. The van der Waals surface area contributed by atoms with Gasteiger partial charge in [-0.1, -0.05) is 26.3 Å². The molecule has 1 aliphatic rings. The van der Waals surface area contributed by atoms with E-state index in [0.717, 1.165) is 29.0 Å². The second-order valence-electron chi connectivity index (χ2n) is 6.15. The molecule has 0 amide bonds. The van der Waals surface area contributed by atoms with Crippen LogP contribution in [-0.2, 0) is 6.42 Å². The minimum Gasteiger partial charge on any atom is -0.489 e. The Labute approximate surface area is 131 Å². The zero-order valence-electron chi connectivity index (χ0n) is 12.6. The molecule has 20 heavy (non-hydrogen) atoms. The summed E-state index contributed by atoms with van der Waals surface area (Å²) in [6, 6.07) is 6.62. The van der Waals surface area contributed by atoms with E-state index in [1.165, 1.54) is 31.2 Å². The van der Waals surface area contributed by atoms with Crippen LogP contribution < -0.4 is 10.5 Å². The van der Waals surface area contributed by atoms with E-state index in [9.17, 15) is 0 Å². The Balaban J connectivity index is 1.98. The summed E-state index contributed by atoms with van der Waals surface area (Å²) in [4.78, 5) is 0. The van der Waals surface area contributed by atoms with Crippen LogP contribution in [0.4, 0.5) is 0 Å². The first-order valence-corrected chi connectivity index (χ1v) is 8.58. The molecule has 0 aromatic heterocycles. The summed E-state index contributed by atoms with van der Waals surface area (Å²) in [6.07, 6.45) is 7.29.